The summed E-state index contributed by atoms with van der Waals surface area (Å²) in [6, 6.07) is 4.90. The number of amides is 1. The maximum absolute atomic E-state index is 13.8. The fourth-order valence-corrected chi connectivity index (χ4v) is 5.03. The maximum Gasteiger partial charge on any atom is 0.262 e. The van der Waals surface area contributed by atoms with Crippen LogP contribution in [0, 0.1) is 5.92 Å². The number of alkyl halides is 4. The van der Waals surface area contributed by atoms with E-state index in [4.69, 9.17) is 11.6 Å². The number of likely N-dealkylation sites (tertiary alicyclic amines) is 1. The molecule has 1 amide bonds. The van der Waals surface area contributed by atoms with Crippen LogP contribution >= 0.6 is 11.6 Å². The zero-order valence-corrected chi connectivity index (χ0v) is 18.1. The zero-order valence-electron chi connectivity index (χ0n) is 17.3. The van der Waals surface area contributed by atoms with Gasteiger partial charge >= 0.3 is 0 Å². The molecule has 2 heterocycles. The van der Waals surface area contributed by atoms with Crippen molar-refractivity contribution in [2.24, 2.45) is 5.92 Å². The number of hydrogen-bond acceptors (Lipinski definition) is 2. The van der Waals surface area contributed by atoms with Crippen molar-refractivity contribution in [3.63, 3.8) is 0 Å². The fraction of sp³-hybridized carbons (Fsp3) is 0.591. The Morgan fingerprint density at radius 1 is 1.19 bits per heavy atom. The summed E-state index contributed by atoms with van der Waals surface area (Å²) in [4.78, 5) is 14.6. The van der Waals surface area contributed by atoms with E-state index in [-0.39, 0.29) is 43.7 Å². The van der Waals surface area contributed by atoms with E-state index < -0.39 is 11.8 Å². The molecular weight excluding hydrogens is 434 g/mol. The average Bonchev–Trinajstić information content (AvgIpc) is 3.18. The Morgan fingerprint density at radius 2 is 1.90 bits per heavy atom. The normalized spacial score (nSPS) is 24.0. The first kappa shape index (κ1) is 22.4. The van der Waals surface area contributed by atoms with Crippen LogP contribution in [0.3, 0.4) is 0 Å². The summed E-state index contributed by atoms with van der Waals surface area (Å²) < 4.78 is 56.1. The molecule has 1 aliphatic heterocycles. The van der Waals surface area contributed by atoms with Gasteiger partial charge in [-0.3, -0.25) is 9.69 Å². The van der Waals surface area contributed by atoms with Gasteiger partial charge < -0.3 is 9.88 Å². The molecule has 2 aliphatic rings. The molecule has 9 heteroatoms. The van der Waals surface area contributed by atoms with Crippen LogP contribution in [0.5, 0.6) is 0 Å². The smallest absolute Gasteiger partial charge is 0.262 e. The predicted octanol–water partition coefficient (Wildman–Crippen LogP) is 5.19. The molecule has 2 aromatic rings. The lowest BCUT2D eigenvalue weighted by Crippen LogP contribution is -2.33. The van der Waals surface area contributed by atoms with Crippen molar-refractivity contribution in [1.82, 2.24) is 14.8 Å². The fourth-order valence-electron chi connectivity index (χ4n) is 4.76. The first-order chi connectivity index (χ1) is 14.5. The lowest BCUT2D eigenvalue weighted by molar-refractivity contribution is -0.0452. The van der Waals surface area contributed by atoms with Crippen molar-refractivity contribution >= 4 is 28.4 Å². The number of halogens is 5. The monoisotopic (exact) mass is 459 g/mol. The number of aromatic nitrogens is 1. The Morgan fingerprint density at radius 3 is 2.55 bits per heavy atom. The lowest BCUT2D eigenvalue weighted by atomic mass is 9.87. The summed E-state index contributed by atoms with van der Waals surface area (Å²) in [6.45, 7) is 0.350. The van der Waals surface area contributed by atoms with E-state index in [2.05, 4.69) is 5.32 Å². The highest BCUT2D eigenvalue weighted by Gasteiger charge is 2.43. The Balaban J connectivity index is 1.52. The number of carbonyl (C=O) groups excluding carboxylic acids is 1. The molecule has 0 radical (unpaired) electrons. The molecule has 2 fully saturated rings. The van der Waals surface area contributed by atoms with E-state index in [0.717, 1.165) is 0 Å². The van der Waals surface area contributed by atoms with Gasteiger partial charge in [-0.15, -0.1) is 0 Å². The van der Waals surface area contributed by atoms with Gasteiger partial charge in [0, 0.05) is 50.0 Å². The van der Waals surface area contributed by atoms with E-state index >= 15 is 0 Å². The predicted molar refractivity (Wildman–Crippen MR) is 112 cm³/mol. The van der Waals surface area contributed by atoms with E-state index in [1.54, 1.807) is 34.8 Å². The van der Waals surface area contributed by atoms with E-state index in [9.17, 15) is 22.4 Å². The maximum atomic E-state index is 13.8. The van der Waals surface area contributed by atoms with Crippen LogP contribution in [0.2, 0.25) is 5.02 Å². The van der Waals surface area contributed by atoms with Crippen LogP contribution in [0.4, 0.5) is 17.6 Å². The zero-order chi connectivity index (χ0) is 22.4. The first-order valence-electron chi connectivity index (χ1n) is 10.6. The summed E-state index contributed by atoms with van der Waals surface area (Å²) in [5.74, 6) is -5.65. The van der Waals surface area contributed by atoms with Gasteiger partial charge in [-0.2, -0.15) is 0 Å². The van der Waals surface area contributed by atoms with Crippen LogP contribution < -0.4 is 5.32 Å². The van der Waals surface area contributed by atoms with Crippen LogP contribution in [0.25, 0.3) is 10.9 Å². The van der Waals surface area contributed by atoms with Crippen molar-refractivity contribution in [3.05, 3.63) is 35.0 Å². The third kappa shape index (κ3) is 4.85. The molecule has 1 aromatic carbocycles. The number of rotatable bonds is 5. The molecule has 1 atom stereocenters. The second-order valence-electron chi connectivity index (χ2n) is 8.97. The molecule has 1 aliphatic carbocycles. The van der Waals surface area contributed by atoms with Crippen LogP contribution in [-0.2, 0) is 6.54 Å². The second kappa shape index (κ2) is 8.28. The molecule has 1 unspecified atom stereocenters. The molecule has 4 nitrogen and oxygen atoms in total. The minimum atomic E-state index is -2.73. The van der Waals surface area contributed by atoms with Crippen molar-refractivity contribution in [2.75, 3.05) is 20.1 Å². The van der Waals surface area contributed by atoms with Gasteiger partial charge in [0.25, 0.3) is 11.8 Å². The van der Waals surface area contributed by atoms with Gasteiger partial charge in [0.05, 0.1) is 22.6 Å². The van der Waals surface area contributed by atoms with Crippen molar-refractivity contribution < 1.29 is 22.4 Å². The topological polar surface area (TPSA) is 37.3 Å². The molecule has 1 saturated heterocycles. The number of nitrogens with one attached hydrogen (secondary N) is 1. The largest absolute Gasteiger partial charge is 0.352 e. The molecular formula is C22H26ClF4N3O. The Labute approximate surface area is 183 Å². The summed E-state index contributed by atoms with van der Waals surface area (Å²) in [7, 11) is 1.67. The third-order valence-electron chi connectivity index (χ3n) is 6.53. The first-order valence-corrected chi connectivity index (χ1v) is 10.9. The van der Waals surface area contributed by atoms with Gasteiger partial charge in [-0.05, 0) is 37.9 Å². The van der Waals surface area contributed by atoms with E-state index in [1.165, 1.54) is 0 Å². The standard InChI is InChI=1S/C22H26ClF4N3O/c1-29-13-22(26,27)9-15(29)11-30-12-16(19-17(23)3-2-4-18(19)30)20(31)28-10-14-5-7-21(24,25)8-6-14/h2-4,12,14-15H,5-11,13H2,1H3,(H,28,31). The van der Waals surface area contributed by atoms with Crippen molar-refractivity contribution in [3.8, 4) is 0 Å². The highest BCUT2D eigenvalue weighted by molar-refractivity contribution is 6.36. The number of carbonyl (C=O) groups is 1. The molecule has 0 spiro atoms. The van der Waals surface area contributed by atoms with Gasteiger partial charge in [-0.25, -0.2) is 17.6 Å². The molecule has 4 rings (SSSR count). The molecule has 1 N–H and O–H groups in total. The summed E-state index contributed by atoms with van der Waals surface area (Å²) >= 11 is 6.38. The Kier molecular flexibility index (Phi) is 5.98. The third-order valence-corrected chi connectivity index (χ3v) is 6.85. The summed E-state index contributed by atoms with van der Waals surface area (Å²) in [5, 5.41) is 3.84. The Hall–Kier alpha value is -1.80. The van der Waals surface area contributed by atoms with Crippen LogP contribution in [0.1, 0.15) is 42.5 Å². The molecule has 31 heavy (non-hydrogen) atoms. The van der Waals surface area contributed by atoms with Gasteiger partial charge in [-0.1, -0.05) is 17.7 Å². The SMILES string of the molecule is CN1CC(F)(F)CC1Cn1cc(C(=O)NCC2CCC(F)(F)CC2)c2c(Cl)cccc21. The van der Waals surface area contributed by atoms with Crippen molar-refractivity contribution in [1.29, 1.82) is 0 Å². The minimum absolute atomic E-state index is 0.0155. The average molecular weight is 460 g/mol. The van der Waals surface area contributed by atoms with Crippen LogP contribution in [-0.4, -0.2) is 53.4 Å². The van der Waals surface area contributed by atoms with Crippen LogP contribution in [0.15, 0.2) is 24.4 Å². The van der Waals surface area contributed by atoms with Gasteiger partial charge in [0.1, 0.15) is 0 Å². The lowest BCUT2D eigenvalue weighted by Gasteiger charge is -2.28. The summed E-state index contributed by atoms with van der Waals surface area (Å²) in [5.41, 5.74) is 1.08. The van der Waals surface area contributed by atoms with E-state index in [0.29, 0.717) is 47.4 Å². The molecule has 170 valence electrons. The highest BCUT2D eigenvalue weighted by atomic mass is 35.5. The van der Waals surface area contributed by atoms with Gasteiger partial charge in [0.15, 0.2) is 0 Å². The number of nitrogens with zero attached hydrogens (tertiary/aromatic N) is 2. The molecule has 1 aromatic heterocycles. The quantitative estimate of drug-likeness (QED) is 0.625. The summed E-state index contributed by atoms with van der Waals surface area (Å²) in [6.07, 6.45) is 1.86. The second-order valence-corrected chi connectivity index (χ2v) is 9.37. The van der Waals surface area contributed by atoms with Gasteiger partial charge in [0.2, 0.25) is 5.92 Å². The highest BCUT2D eigenvalue weighted by Crippen LogP contribution is 2.36. The molecule has 1 saturated carbocycles. The molecule has 0 bridgehead atoms. The number of hydrogen-bond donors (Lipinski definition) is 1. The minimum Gasteiger partial charge on any atom is -0.352 e. The number of benzene rings is 1. The van der Waals surface area contributed by atoms with E-state index in [1.807, 2.05) is 6.07 Å². The number of likely N-dealkylation sites (N-methyl/N-ethyl adjacent to an activating group) is 1. The van der Waals surface area contributed by atoms with Crippen molar-refractivity contribution in [2.45, 2.75) is 56.5 Å². The Bertz CT molecular complexity index is 967. The number of fused-ring (bicyclic) bond motifs is 1.